The molecule has 0 aromatic heterocycles. The Morgan fingerprint density at radius 3 is 2.09 bits per heavy atom. The molecule has 6 atom stereocenters. The van der Waals surface area contributed by atoms with E-state index in [4.69, 9.17) is 0 Å². The van der Waals surface area contributed by atoms with Crippen LogP contribution in [0.3, 0.4) is 0 Å². The topological polar surface area (TPSA) is 157 Å². The van der Waals surface area contributed by atoms with Crippen molar-refractivity contribution in [3.8, 4) is 0 Å². The molecule has 0 bridgehead atoms. The molecule has 0 radical (unpaired) electrons. The van der Waals surface area contributed by atoms with E-state index in [1.165, 1.54) is 17.9 Å². The van der Waals surface area contributed by atoms with E-state index in [9.17, 15) is 28.8 Å². The SMILES string of the molecule is C=CCNC(=O)C(=O)C(CC1CCC1)NC(=O)[C@@H]1[C@@H]2[C@H](CN1C(=O)[C@@H](NC(=O)N[C@H](CN(C)C(C)=O)C(C)(C)C)C(C)(C)C)C2(C)C. The monoisotopic (exact) mass is 658 g/mol. The molecule has 3 fully saturated rings. The lowest BCUT2D eigenvalue weighted by molar-refractivity contribution is -0.145. The number of urea groups is 1. The Bertz CT molecular complexity index is 1250. The summed E-state index contributed by atoms with van der Waals surface area (Å²) in [5, 5.41) is 11.3. The van der Waals surface area contributed by atoms with Gasteiger partial charge in [0.25, 0.3) is 5.91 Å². The summed E-state index contributed by atoms with van der Waals surface area (Å²) in [6, 6.07) is -3.77. The second-order valence-corrected chi connectivity index (χ2v) is 16.6. The summed E-state index contributed by atoms with van der Waals surface area (Å²) in [6.45, 7) is 21.4. The van der Waals surface area contributed by atoms with E-state index < -0.39 is 53.2 Å². The largest absolute Gasteiger partial charge is 0.346 e. The Morgan fingerprint density at radius 1 is 0.979 bits per heavy atom. The number of amides is 6. The van der Waals surface area contributed by atoms with Gasteiger partial charge in [0, 0.05) is 33.6 Å². The van der Waals surface area contributed by atoms with Gasteiger partial charge in [0.2, 0.25) is 23.5 Å². The van der Waals surface area contributed by atoms with E-state index in [-0.39, 0.29) is 46.9 Å². The van der Waals surface area contributed by atoms with Gasteiger partial charge < -0.3 is 31.1 Å². The number of ketones is 1. The van der Waals surface area contributed by atoms with Crippen molar-refractivity contribution in [2.24, 2.45) is 34.0 Å². The maximum atomic E-state index is 14.4. The highest BCUT2D eigenvalue weighted by molar-refractivity contribution is 6.38. The molecule has 0 spiro atoms. The molecule has 0 aromatic carbocycles. The normalized spacial score (nSPS) is 23.6. The third-order valence-corrected chi connectivity index (χ3v) is 10.6. The molecular weight excluding hydrogens is 600 g/mol. The zero-order chi connectivity index (χ0) is 35.6. The quantitative estimate of drug-likeness (QED) is 0.176. The van der Waals surface area contributed by atoms with Crippen molar-refractivity contribution in [1.82, 2.24) is 31.1 Å². The summed E-state index contributed by atoms with van der Waals surface area (Å²) < 4.78 is 0. The van der Waals surface area contributed by atoms with E-state index >= 15 is 0 Å². The fraction of sp³-hybridized carbons (Fsp3) is 0.771. The lowest BCUT2D eigenvalue weighted by atomic mass is 9.80. The first-order valence-corrected chi connectivity index (χ1v) is 16.9. The van der Waals surface area contributed by atoms with E-state index in [1.807, 2.05) is 41.5 Å². The number of nitrogens with one attached hydrogen (secondary N) is 4. The molecule has 0 aromatic rings. The Labute approximate surface area is 280 Å². The predicted octanol–water partition coefficient (Wildman–Crippen LogP) is 2.62. The molecule has 12 heteroatoms. The maximum absolute atomic E-state index is 14.4. The van der Waals surface area contributed by atoms with Crippen LogP contribution < -0.4 is 21.3 Å². The number of rotatable bonds is 13. The van der Waals surface area contributed by atoms with Crippen LogP contribution in [0.5, 0.6) is 0 Å². The lowest BCUT2D eigenvalue weighted by Crippen LogP contribution is -2.62. The van der Waals surface area contributed by atoms with Crippen LogP contribution >= 0.6 is 0 Å². The second kappa shape index (κ2) is 14.4. The van der Waals surface area contributed by atoms with Crippen molar-refractivity contribution in [3.05, 3.63) is 12.7 Å². The summed E-state index contributed by atoms with van der Waals surface area (Å²) >= 11 is 0. The molecule has 3 aliphatic rings. The van der Waals surface area contributed by atoms with Crippen molar-refractivity contribution >= 4 is 35.4 Å². The number of carbonyl (C=O) groups excluding carboxylic acids is 6. The second-order valence-electron chi connectivity index (χ2n) is 16.6. The van der Waals surface area contributed by atoms with Crippen LogP contribution in [0.2, 0.25) is 0 Å². The van der Waals surface area contributed by atoms with Crippen LogP contribution in [-0.4, -0.2) is 96.1 Å². The van der Waals surface area contributed by atoms with Crippen LogP contribution in [0, 0.1) is 34.0 Å². The molecular formula is C35H58N6O6. The number of carbonyl (C=O) groups is 6. The van der Waals surface area contributed by atoms with Gasteiger partial charge in [-0.2, -0.15) is 0 Å². The first-order valence-electron chi connectivity index (χ1n) is 16.9. The molecule has 2 saturated carbocycles. The van der Waals surface area contributed by atoms with Crippen molar-refractivity contribution in [1.29, 1.82) is 0 Å². The fourth-order valence-corrected chi connectivity index (χ4v) is 6.86. The average molecular weight is 659 g/mol. The van der Waals surface area contributed by atoms with Gasteiger partial charge in [-0.15, -0.1) is 6.58 Å². The third-order valence-electron chi connectivity index (χ3n) is 10.6. The Hall–Kier alpha value is -3.44. The van der Waals surface area contributed by atoms with E-state index in [2.05, 4.69) is 41.7 Å². The van der Waals surface area contributed by atoms with E-state index in [0.29, 0.717) is 19.5 Å². The number of fused-ring (bicyclic) bond motifs is 1. The first-order chi connectivity index (χ1) is 21.6. The van der Waals surface area contributed by atoms with Crippen LogP contribution in [-0.2, 0) is 24.0 Å². The van der Waals surface area contributed by atoms with Crippen LogP contribution in [0.25, 0.3) is 0 Å². The van der Waals surface area contributed by atoms with Gasteiger partial charge in [-0.3, -0.25) is 24.0 Å². The number of nitrogens with zero attached hydrogens (tertiary/aromatic N) is 2. The third kappa shape index (κ3) is 8.93. The number of likely N-dealkylation sites (tertiary alicyclic amines) is 1. The molecule has 1 heterocycles. The Kier molecular flexibility index (Phi) is 11.6. The number of hydrogen-bond donors (Lipinski definition) is 4. The van der Waals surface area contributed by atoms with Gasteiger partial charge in [-0.05, 0) is 40.4 Å². The van der Waals surface area contributed by atoms with Crippen LogP contribution in [0.4, 0.5) is 4.79 Å². The molecule has 12 nitrogen and oxygen atoms in total. The highest BCUT2D eigenvalue weighted by atomic mass is 16.2. The van der Waals surface area contributed by atoms with Gasteiger partial charge in [0.1, 0.15) is 12.1 Å². The lowest BCUT2D eigenvalue weighted by Gasteiger charge is -2.39. The van der Waals surface area contributed by atoms with Gasteiger partial charge >= 0.3 is 6.03 Å². The Balaban J connectivity index is 1.83. The summed E-state index contributed by atoms with van der Waals surface area (Å²) in [6.07, 6.45) is 4.76. The average Bonchev–Trinajstić information content (AvgIpc) is 3.25. The Morgan fingerprint density at radius 2 is 1.60 bits per heavy atom. The predicted molar refractivity (Wildman–Crippen MR) is 180 cm³/mol. The zero-order valence-corrected chi connectivity index (χ0v) is 30.1. The molecule has 4 N–H and O–H groups in total. The number of hydrogen-bond acceptors (Lipinski definition) is 6. The minimum absolute atomic E-state index is 0.0840. The zero-order valence-electron chi connectivity index (χ0n) is 30.1. The molecule has 3 rings (SSSR count). The maximum Gasteiger partial charge on any atom is 0.315 e. The minimum Gasteiger partial charge on any atom is -0.346 e. The minimum atomic E-state index is -1.000. The summed E-state index contributed by atoms with van der Waals surface area (Å²) in [4.78, 5) is 82.8. The van der Waals surface area contributed by atoms with Crippen molar-refractivity contribution in [2.45, 2.75) is 112 Å². The summed E-state index contributed by atoms with van der Waals surface area (Å²) in [7, 11) is 1.67. The van der Waals surface area contributed by atoms with Gasteiger partial charge in [-0.25, -0.2) is 4.79 Å². The summed E-state index contributed by atoms with van der Waals surface area (Å²) in [5.41, 5.74) is -1.28. The summed E-state index contributed by atoms with van der Waals surface area (Å²) in [5.74, 6) is -2.24. The molecule has 1 unspecified atom stereocenters. The molecule has 1 aliphatic heterocycles. The highest BCUT2D eigenvalue weighted by Crippen LogP contribution is 2.65. The van der Waals surface area contributed by atoms with Crippen molar-refractivity contribution < 1.29 is 28.8 Å². The number of likely N-dealkylation sites (N-methyl/N-ethyl adjacent to an activating group) is 1. The number of Topliss-reactive ketones (excluding diaryl/α,β-unsaturated/α-hetero) is 1. The molecule has 47 heavy (non-hydrogen) atoms. The van der Waals surface area contributed by atoms with E-state index in [0.717, 1.165) is 19.3 Å². The van der Waals surface area contributed by atoms with Gasteiger partial charge in [0.15, 0.2) is 0 Å². The van der Waals surface area contributed by atoms with Crippen molar-refractivity contribution in [3.63, 3.8) is 0 Å². The van der Waals surface area contributed by atoms with E-state index in [1.54, 1.807) is 11.9 Å². The van der Waals surface area contributed by atoms with Crippen molar-refractivity contribution in [2.75, 3.05) is 26.7 Å². The standard InChI is InChI=1S/C35H58N6O6/c1-12-16-36-30(45)27(43)23(17-21-14-13-15-21)37-29(44)26-25-22(35(25,9)10)18-41(26)31(46)28(34(6,7)8)39-32(47)38-24(33(3,4)5)19-40(11)20(2)42/h12,21-26,28H,1,13-19H2,2-11H3,(H,36,45)(H,37,44)(H2,38,39,47)/t22-,23?,24+,25-,26-,28+/m0/s1. The van der Waals surface area contributed by atoms with Gasteiger partial charge in [0.05, 0.1) is 12.1 Å². The molecule has 6 amide bonds. The molecule has 2 aliphatic carbocycles. The van der Waals surface area contributed by atoms with Gasteiger partial charge in [-0.1, -0.05) is 80.7 Å². The van der Waals surface area contributed by atoms with Crippen LogP contribution in [0.1, 0.15) is 88.0 Å². The highest BCUT2D eigenvalue weighted by Gasteiger charge is 2.70. The fourth-order valence-electron chi connectivity index (χ4n) is 6.86. The first kappa shape index (κ1) is 38.0. The number of piperidine rings is 1. The smallest absolute Gasteiger partial charge is 0.315 e. The molecule has 1 saturated heterocycles. The molecule has 264 valence electrons. The van der Waals surface area contributed by atoms with Crippen LogP contribution in [0.15, 0.2) is 12.7 Å².